The third-order valence-electron chi connectivity index (χ3n) is 5.66. The van der Waals surface area contributed by atoms with Crippen molar-refractivity contribution in [1.82, 2.24) is 25.2 Å². The van der Waals surface area contributed by atoms with Gasteiger partial charge in [-0.3, -0.25) is 9.59 Å². The predicted octanol–water partition coefficient (Wildman–Crippen LogP) is 1.13. The molecule has 1 aliphatic carbocycles. The van der Waals surface area contributed by atoms with Gasteiger partial charge in [-0.2, -0.15) is 0 Å². The number of aliphatic hydroxyl groups excluding tert-OH is 1. The lowest BCUT2D eigenvalue weighted by Crippen LogP contribution is -2.43. The number of hydrogen-bond donors (Lipinski definition) is 2. The highest BCUT2D eigenvalue weighted by Crippen LogP contribution is 2.28. The van der Waals surface area contributed by atoms with Gasteiger partial charge in [-0.15, -0.1) is 5.10 Å². The van der Waals surface area contributed by atoms with Gasteiger partial charge in [-0.25, -0.2) is 4.68 Å². The number of nitrogens with one attached hydrogen (secondary N) is 1. The lowest BCUT2D eigenvalue weighted by Gasteiger charge is -2.21. The summed E-state index contributed by atoms with van der Waals surface area (Å²) in [5, 5.41) is 20.0. The highest BCUT2D eigenvalue weighted by atomic mass is 16.3. The SMILES string of the molecule is O=C(NC1CCCCc2ccccc21)C(=O)N1CCC(n2cc(CO)nn2)C1. The Morgan fingerprint density at radius 2 is 2.07 bits per heavy atom. The van der Waals surface area contributed by atoms with E-state index in [2.05, 4.69) is 21.7 Å². The highest BCUT2D eigenvalue weighted by molar-refractivity contribution is 6.35. The Morgan fingerprint density at radius 3 is 2.89 bits per heavy atom. The minimum atomic E-state index is -0.544. The van der Waals surface area contributed by atoms with Gasteiger partial charge >= 0.3 is 11.8 Å². The molecular weight excluding hydrogens is 358 g/mol. The Bertz CT molecular complexity index is 865. The van der Waals surface area contributed by atoms with Crippen LogP contribution >= 0.6 is 0 Å². The first kappa shape index (κ1) is 18.6. The van der Waals surface area contributed by atoms with Gasteiger partial charge in [0.1, 0.15) is 5.69 Å². The number of benzene rings is 1. The number of aromatic nitrogens is 3. The van der Waals surface area contributed by atoms with Crippen LogP contribution in [-0.2, 0) is 22.6 Å². The van der Waals surface area contributed by atoms with Crippen LogP contribution in [0.1, 0.15) is 54.6 Å². The summed E-state index contributed by atoms with van der Waals surface area (Å²) in [4.78, 5) is 26.9. The van der Waals surface area contributed by atoms with E-state index < -0.39 is 11.8 Å². The standard InChI is InChI=1S/C20H25N5O3/c26-13-15-11-25(23-22-15)16-9-10-24(12-16)20(28)19(27)21-18-8-4-2-6-14-5-1-3-7-17(14)18/h1,3,5,7,11,16,18,26H,2,4,6,8-10,12-13H2,(H,21,27). The zero-order valence-electron chi connectivity index (χ0n) is 15.8. The molecule has 0 saturated carbocycles. The minimum absolute atomic E-state index is 0.0249. The Morgan fingerprint density at radius 1 is 1.21 bits per heavy atom. The minimum Gasteiger partial charge on any atom is -0.390 e. The van der Waals surface area contributed by atoms with Gasteiger partial charge in [0.15, 0.2) is 0 Å². The number of aryl methyl sites for hydroxylation is 1. The quantitative estimate of drug-likeness (QED) is 0.611. The molecule has 0 radical (unpaired) electrons. The van der Waals surface area contributed by atoms with E-state index in [4.69, 9.17) is 5.11 Å². The van der Waals surface area contributed by atoms with E-state index in [0.717, 1.165) is 31.2 Å². The monoisotopic (exact) mass is 383 g/mol. The Hall–Kier alpha value is -2.74. The summed E-state index contributed by atoms with van der Waals surface area (Å²) < 4.78 is 1.66. The van der Waals surface area contributed by atoms with Crippen molar-refractivity contribution in [3.63, 3.8) is 0 Å². The van der Waals surface area contributed by atoms with Crippen LogP contribution in [0.4, 0.5) is 0 Å². The van der Waals surface area contributed by atoms with Crippen molar-refractivity contribution in [1.29, 1.82) is 0 Å². The third kappa shape index (κ3) is 3.77. The van der Waals surface area contributed by atoms with E-state index in [1.165, 1.54) is 5.56 Å². The second kappa shape index (κ2) is 8.10. The molecule has 2 unspecified atom stereocenters. The third-order valence-corrected chi connectivity index (χ3v) is 5.66. The molecule has 1 aromatic carbocycles. The first-order chi connectivity index (χ1) is 13.7. The summed E-state index contributed by atoms with van der Waals surface area (Å²) in [6, 6.07) is 8.01. The van der Waals surface area contributed by atoms with Crippen LogP contribution in [0.2, 0.25) is 0 Å². The molecule has 2 amide bonds. The fourth-order valence-electron chi connectivity index (χ4n) is 4.14. The molecule has 2 aliphatic rings. The van der Waals surface area contributed by atoms with Crippen molar-refractivity contribution in [2.45, 2.75) is 50.8 Å². The van der Waals surface area contributed by atoms with E-state index in [-0.39, 0.29) is 18.7 Å². The zero-order chi connectivity index (χ0) is 19.5. The summed E-state index contributed by atoms with van der Waals surface area (Å²) >= 11 is 0. The van der Waals surface area contributed by atoms with Gasteiger partial charge in [-0.05, 0) is 36.8 Å². The number of fused-ring (bicyclic) bond motifs is 1. The van der Waals surface area contributed by atoms with Crippen LogP contribution in [0.3, 0.4) is 0 Å². The van der Waals surface area contributed by atoms with E-state index in [1.54, 1.807) is 15.8 Å². The Kier molecular flexibility index (Phi) is 5.38. The maximum absolute atomic E-state index is 12.7. The highest BCUT2D eigenvalue weighted by Gasteiger charge is 2.33. The number of aliphatic hydroxyl groups is 1. The topological polar surface area (TPSA) is 100 Å². The van der Waals surface area contributed by atoms with E-state index in [0.29, 0.717) is 25.2 Å². The number of nitrogens with zero attached hydrogens (tertiary/aromatic N) is 4. The average Bonchev–Trinajstić information content (AvgIpc) is 3.35. The summed E-state index contributed by atoms with van der Waals surface area (Å²) in [5.41, 5.74) is 2.87. The molecule has 8 nitrogen and oxygen atoms in total. The van der Waals surface area contributed by atoms with Crippen molar-refractivity contribution in [2.75, 3.05) is 13.1 Å². The molecule has 1 aromatic heterocycles. The van der Waals surface area contributed by atoms with Gasteiger partial charge in [-0.1, -0.05) is 35.9 Å². The number of rotatable bonds is 3. The van der Waals surface area contributed by atoms with E-state index in [9.17, 15) is 9.59 Å². The zero-order valence-corrected chi connectivity index (χ0v) is 15.8. The Balaban J connectivity index is 1.39. The van der Waals surface area contributed by atoms with Crippen molar-refractivity contribution >= 4 is 11.8 Å². The maximum Gasteiger partial charge on any atom is 0.311 e. The fourth-order valence-corrected chi connectivity index (χ4v) is 4.14. The fraction of sp³-hybridized carbons (Fsp3) is 0.500. The number of hydrogen-bond acceptors (Lipinski definition) is 5. The second-order valence-electron chi connectivity index (χ2n) is 7.51. The number of likely N-dealkylation sites (tertiary alicyclic amines) is 1. The van der Waals surface area contributed by atoms with Crippen LogP contribution in [0.5, 0.6) is 0 Å². The number of carbonyl (C=O) groups excluding carboxylic acids is 2. The molecule has 2 aromatic rings. The predicted molar refractivity (Wildman–Crippen MR) is 101 cm³/mol. The normalized spacial score (nSPS) is 21.8. The van der Waals surface area contributed by atoms with E-state index >= 15 is 0 Å². The molecule has 8 heteroatoms. The van der Waals surface area contributed by atoms with Crippen LogP contribution < -0.4 is 5.32 Å². The van der Waals surface area contributed by atoms with Gasteiger partial charge < -0.3 is 15.3 Å². The molecule has 2 heterocycles. The summed E-state index contributed by atoms with van der Waals surface area (Å²) in [5.74, 6) is -1.04. The second-order valence-corrected chi connectivity index (χ2v) is 7.51. The lowest BCUT2D eigenvalue weighted by atomic mass is 9.99. The number of carbonyl (C=O) groups is 2. The van der Waals surface area contributed by atoms with E-state index in [1.807, 2.05) is 18.2 Å². The summed E-state index contributed by atoms with van der Waals surface area (Å²) in [6.07, 6.45) is 6.37. The molecule has 0 bridgehead atoms. The summed E-state index contributed by atoms with van der Waals surface area (Å²) in [7, 11) is 0. The van der Waals surface area contributed by atoms with Crippen LogP contribution in [0, 0.1) is 0 Å². The van der Waals surface area contributed by atoms with Gasteiger partial charge in [0.05, 0.1) is 24.9 Å². The molecule has 0 spiro atoms. The largest absolute Gasteiger partial charge is 0.390 e. The van der Waals surface area contributed by atoms with Crippen LogP contribution in [0.15, 0.2) is 30.5 Å². The molecule has 148 valence electrons. The molecule has 2 N–H and O–H groups in total. The Labute approximate surface area is 163 Å². The van der Waals surface area contributed by atoms with Crippen molar-refractivity contribution < 1.29 is 14.7 Å². The molecule has 28 heavy (non-hydrogen) atoms. The smallest absolute Gasteiger partial charge is 0.311 e. The average molecular weight is 383 g/mol. The molecule has 1 saturated heterocycles. The first-order valence-electron chi connectivity index (χ1n) is 9.85. The molecule has 1 aliphatic heterocycles. The van der Waals surface area contributed by atoms with Crippen molar-refractivity contribution in [3.8, 4) is 0 Å². The lowest BCUT2D eigenvalue weighted by molar-refractivity contribution is -0.145. The maximum atomic E-state index is 12.7. The van der Waals surface area contributed by atoms with Crippen LogP contribution in [-0.4, -0.2) is 49.9 Å². The first-order valence-corrected chi connectivity index (χ1v) is 9.85. The molecule has 4 rings (SSSR count). The van der Waals surface area contributed by atoms with Crippen LogP contribution in [0.25, 0.3) is 0 Å². The van der Waals surface area contributed by atoms with Crippen molar-refractivity contribution in [2.24, 2.45) is 0 Å². The van der Waals surface area contributed by atoms with Gasteiger partial charge in [0, 0.05) is 13.1 Å². The summed E-state index contributed by atoms with van der Waals surface area (Å²) in [6.45, 7) is 0.759. The number of amides is 2. The van der Waals surface area contributed by atoms with Crippen molar-refractivity contribution in [3.05, 3.63) is 47.3 Å². The van der Waals surface area contributed by atoms with Gasteiger partial charge in [0.25, 0.3) is 0 Å². The van der Waals surface area contributed by atoms with Gasteiger partial charge in [0.2, 0.25) is 0 Å². The molecular formula is C20H25N5O3. The molecule has 1 fully saturated rings. The molecule has 2 atom stereocenters.